The summed E-state index contributed by atoms with van der Waals surface area (Å²) in [6.45, 7) is 1.95. The summed E-state index contributed by atoms with van der Waals surface area (Å²) in [5.41, 5.74) is 2.45. The average Bonchev–Trinajstić information content (AvgIpc) is 3.03. The van der Waals surface area contributed by atoms with Gasteiger partial charge >= 0.3 is 0 Å². The Morgan fingerprint density at radius 3 is 2.47 bits per heavy atom. The van der Waals surface area contributed by atoms with Crippen LogP contribution in [0.1, 0.15) is 15.9 Å². The summed E-state index contributed by atoms with van der Waals surface area (Å²) in [6, 6.07) is 15.7. The molecule has 0 saturated carbocycles. The summed E-state index contributed by atoms with van der Waals surface area (Å²) in [7, 11) is -1.99. The molecule has 6 nitrogen and oxygen atoms in total. The molecule has 1 amide bonds. The van der Waals surface area contributed by atoms with Crippen molar-refractivity contribution in [3.63, 3.8) is 0 Å². The Hall–Kier alpha value is -2.65. The Balaban J connectivity index is 1.66. The highest BCUT2D eigenvalue weighted by atomic mass is 35.5. The van der Waals surface area contributed by atoms with E-state index in [1.165, 1.54) is 41.7 Å². The number of benzene rings is 3. The van der Waals surface area contributed by atoms with Gasteiger partial charge in [0.05, 0.1) is 15.1 Å². The van der Waals surface area contributed by atoms with E-state index in [9.17, 15) is 13.2 Å². The van der Waals surface area contributed by atoms with Gasteiger partial charge in [0.15, 0.2) is 4.80 Å². The molecule has 1 aromatic heterocycles. The van der Waals surface area contributed by atoms with Crippen molar-refractivity contribution < 1.29 is 13.2 Å². The quantitative estimate of drug-likeness (QED) is 0.403. The van der Waals surface area contributed by atoms with E-state index in [0.29, 0.717) is 14.8 Å². The van der Waals surface area contributed by atoms with Crippen molar-refractivity contribution in [1.82, 2.24) is 4.57 Å². The number of aromatic nitrogens is 1. The number of nitrogens with one attached hydrogen (secondary N) is 1. The Kier molecular flexibility index (Phi) is 6.13. The highest BCUT2D eigenvalue weighted by Gasteiger charge is 2.15. The molecule has 0 atom stereocenters. The average molecular weight is 506 g/mol. The highest BCUT2D eigenvalue weighted by molar-refractivity contribution is 7.92. The lowest BCUT2D eigenvalue weighted by atomic mass is 10.2. The second kappa shape index (κ2) is 8.71. The standard InChI is InChI=1S/C22H17Cl2N3O3S2/c1-13-10-16(24)12-19-20(13)27(2)22(31-19)25-21(28)14-4-3-5-17(11-14)26-32(29,30)18-8-6-15(23)7-9-18/h3-12,26H,1-2H3. The van der Waals surface area contributed by atoms with Gasteiger partial charge in [-0.3, -0.25) is 9.52 Å². The van der Waals surface area contributed by atoms with Crippen LogP contribution in [0.25, 0.3) is 10.2 Å². The van der Waals surface area contributed by atoms with Crippen LogP contribution in [-0.4, -0.2) is 18.9 Å². The molecular weight excluding hydrogens is 489 g/mol. The van der Waals surface area contributed by atoms with Gasteiger partial charge in [0, 0.05) is 28.3 Å². The molecule has 164 valence electrons. The van der Waals surface area contributed by atoms with Gasteiger partial charge in [-0.1, -0.05) is 40.6 Å². The molecular formula is C22H17Cl2N3O3S2. The summed E-state index contributed by atoms with van der Waals surface area (Å²) < 4.78 is 30.5. The predicted octanol–water partition coefficient (Wildman–Crippen LogP) is 5.40. The molecule has 1 N–H and O–H groups in total. The van der Waals surface area contributed by atoms with E-state index in [1.807, 2.05) is 30.7 Å². The molecule has 0 aliphatic rings. The monoisotopic (exact) mass is 505 g/mol. The minimum atomic E-state index is -3.83. The largest absolute Gasteiger partial charge is 0.319 e. The second-order valence-corrected chi connectivity index (χ2v) is 10.6. The zero-order valence-electron chi connectivity index (χ0n) is 17.0. The van der Waals surface area contributed by atoms with Crippen molar-refractivity contribution in [3.05, 3.63) is 86.6 Å². The van der Waals surface area contributed by atoms with E-state index in [2.05, 4.69) is 9.71 Å². The first kappa shape index (κ1) is 22.5. The number of carbonyl (C=O) groups is 1. The van der Waals surface area contributed by atoms with Crippen LogP contribution < -0.4 is 9.52 Å². The summed E-state index contributed by atoms with van der Waals surface area (Å²) in [5.74, 6) is -0.483. The molecule has 1 heterocycles. The number of carbonyl (C=O) groups excluding carboxylic acids is 1. The van der Waals surface area contributed by atoms with Gasteiger partial charge in [0.2, 0.25) is 0 Å². The Morgan fingerprint density at radius 1 is 1.03 bits per heavy atom. The summed E-state index contributed by atoms with van der Waals surface area (Å²) in [6.07, 6.45) is 0. The normalized spacial score (nSPS) is 12.3. The SMILES string of the molecule is Cc1cc(Cl)cc2sc(=NC(=O)c3cccc(NS(=O)(=O)c4ccc(Cl)cc4)c3)n(C)c12. The third kappa shape index (κ3) is 4.59. The van der Waals surface area contributed by atoms with E-state index in [-0.39, 0.29) is 16.1 Å². The summed E-state index contributed by atoms with van der Waals surface area (Å²) in [4.78, 5) is 17.7. The number of fused-ring (bicyclic) bond motifs is 1. The topological polar surface area (TPSA) is 80.5 Å². The van der Waals surface area contributed by atoms with Crippen LogP contribution in [0, 0.1) is 6.92 Å². The third-order valence-corrected chi connectivity index (χ3v) is 7.68. The van der Waals surface area contributed by atoms with E-state index in [1.54, 1.807) is 18.2 Å². The van der Waals surface area contributed by atoms with Crippen LogP contribution in [0.4, 0.5) is 5.69 Å². The maximum absolute atomic E-state index is 12.8. The molecule has 10 heteroatoms. The van der Waals surface area contributed by atoms with E-state index < -0.39 is 15.9 Å². The number of sulfonamides is 1. The van der Waals surface area contributed by atoms with Crippen molar-refractivity contribution in [2.24, 2.45) is 12.0 Å². The number of amides is 1. The van der Waals surface area contributed by atoms with Crippen LogP contribution >= 0.6 is 34.5 Å². The molecule has 32 heavy (non-hydrogen) atoms. The fourth-order valence-corrected chi connectivity index (χ4v) is 5.91. The van der Waals surface area contributed by atoms with Crippen LogP contribution in [0.2, 0.25) is 10.0 Å². The van der Waals surface area contributed by atoms with Crippen LogP contribution in [0.5, 0.6) is 0 Å². The van der Waals surface area contributed by atoms with Gasteiger partial charge in [0.25, 0.3) is 15.9 Å². The number of halogens is 2. The number of rotatable bonds is 4. The van der Waals surface area contributed by atoms with Gasteiger partial charge < -0.3 is 4.57 Å². The number of nitrogens with zero attached hydrogens (tertiary/aromatic N) is 2. The Bertz CT molecular complexity index is 1520. The fourth-order valence-electron chi connectivity index (χ4n) is 3.27. The maximum Gasteiger partial charge on any atom is 0.279 e. The Labute approximate surface area is 198 Å². The van der Waals surface area contributed by atoms with E-state index in [4.69, 9.17) is 23.2 Å². The molecule has 0 radical (unpaired) electrons. The van der Waals surface area contributed by atoms with Crippen molar-refractivity contribution in [2.75, 3.05) is 4.72 Å². The molecule has 4 aromatic rings. The molecule has 0 spiro atoms. The first-order valence-corrected chi connectivity index (χ1v) is 12.4. The van der Waals surface area contributed by atoms with Gasteiger partial charge in [-0.2, -0.15) is 4.99 Å². The lowest BCUT2D eigenvalue weighted by Gasteiger charge is -2.09. The van der Waals surface area contributed by atoms with Crippen LogP contribution in [0.3, 0.4) is 0 Å². The number of aryl methyl sites for hydroxylation is 2. The lowest BCUT2D eigenvalue weighted by molar-refractivity contribution is 0.0998. The summed E-state index contributed by atoms with van der Waals surface area (Å²) >= 11 is 13.3. The fraction of sp³-hybridized carbons (Fsp3) is 0.0909. The zero-order valence-corrected chi connectivity index (χ0v) is 20.1. The molecule has 0 unspecified atom stereocenters. The molecule has 0 bridgehead atoms. The predicted molar refractivity (Wildman–Crippen MR) is 129 cm³/mol. The minimum Gasteiger partial charge on any atom is -0.319 e. The van der Waals surface area contributed by atoms with Gasteiger partial charge in [-0.15, -0.1) is 0 Å². The van der Waals surface area contributed by atoms with Gasteiger partial charge in [-0.25, -0.2) is 8.42 Å². The van der Waals surface area contributed by atoms with Crippen molar-refractivity contribution in [3.8, 4) is 0 Å². The molecule has 0 fully saturated rings. The number of hydrogen-bond acceptors (Lipinski definition) is 4. The first-order valence-electron chi connectivity index (χ1n) is 9.37. The summed E-state index contributed by atoms with van der Waals surface area (Å²) in [5, 5.41) is 1.06. The smallest absolute Gasteiger partial charge is 0.279 e. The van der Waals surface area contributed by atoms with Crippen molar-refractivity contribution >= 4 is 66.4 Å². The van der Waals surface area contributed by atoms with E-state index in [0.717, 1.165) is 15.8 Å². The number of anilines is 1. The Morgan fingerprint density at radius 2 is 1.75 bits per heavy atom. The highest BCUT2D eigenvalue weighted by Crippen LogP contribution is 2.25. The van der Waals surface area contributed by atoms with Gasteiger partial charge in [0.1, 0.15) is 0 Å². The number of hydrogen-bond donors (Lipinski definition) is 1. The number of thiazole rings is 1. The minimum absolute atomic E-state index is 0.0645. The molecule has 3 aromatic carbocycles. The molecule has 0 aliphatic heterocycles. The van der Waals surface area contributed by atoms with Gasteiger partial charge in [-0.05, 0) is 67.1 Å². The van der Waals surface area contributed by atoms with Crippen LogP contribution in [0.15, 0.2) is 70.6 Å². The molecule has 0 saturated heterocycles. The molecule has 0 aliphatic carbocycles. The van der Waals surface area contributed by atoms with Crippen LogP contribution in [-0.2, 0) is 17.1 Å². The van der Waals surface area contributed by atoms with Crippen molar-refractivity contribution in [1.29, 1.82) is 0 Å². The first-order chi connectivity index (χ1) is 15.1. The molecule has 4 rings (SSSR count). The maximum atomic E-state index is 12.8. The van der Waals surface area contributed by atoms with E-state index >= 15 is 0 Å². The zero-order chi connectivity index (χ0) is 23.0. The van der Waals surface area contributed by atoms with Crippen molar-refractivity contribution in [2.45, 2.75) is 11.8 Å². The second-order valence-electron chi connectivity index (χ2n) is 7.07. The lowest BCUT2D eigenvalue weighted by Crippen LogP contribution is -2.15. The third-order valence-electron chi connectivity index (χ3n) is 4.74.